The van der Waals surface area contributed by atoms with Gasteiger partial charge in [-0.15, -0.1) is 0 Å². The number of aryl methyl sites for hydroxylation is 1. The zero-order valence-electron chi connectivity index (χ0n) is 6.39. The summed E-state index contributed by atoms with van der Waals surface area (Å²) in [6, 6.07) is 10.4. The first-order valence-electron chi connectivity index (χ1n) is 3.81. The summed E-state index contributed by atoms with van der Waals surface area (Å²) in [5, 5.41) is 0. The smallest absolute Gasteiger partial charge is 0.0111 e. The molecule has 1 N–H and O–H groups in total. The largest absolute Gasteiger partial charge is 0.234 e. The van der Waals surface area contributed by atoms with E-state index in [1.807, 2.05) is 6.07 Å². The monoisotopic (exact) mass is 169 g/mol. The van der Waals surface area contributed by atoms with E-state index in [4.69, 9.17) is 11.8 Å². The Morgan fingerprint density at radius 2 is 1.91 bits per heavy atom. The molecule has 0 aliphatic carbocycles. The molecule has 1 nitrogen and oxygen atoms in total. The Morgan fingerprint density at radius 3 is 2.55 bits per heavy atom. The van der Waals surface area contributed by atoms with Gasteiger partial charge in [-0.25, -0.2) is 4.84 Å². The highest BCUT2D eigenvalue weighted by molar-refractivity contribution is 6.13. The van der Waals surface area contributed by atoms with E-state index in [1.165, 1.54) is 5.56 Å². The minimum atomic E-state index is 0.871. The van der Waals surface area contributed by atoms with Crippen molar-refractivity contribution in [2.24, 2.45) is 0 Å². The summed E-state index contributed by atoms with van der Waals surface area (Å²) in [4.78, 5) is 2.61. The lowest BCUT2D eigenvalue weighted by molar-refractivity contribution is 0.792. The van der Waals surface area contributed by atoms with Gasteiger partial charge in [-0.2, -0.15) is 0 Å². The second-order valence-corrected chi connectivity index (χ2v) is 2.74. The van der Waals surface area contributed by atoms with Gasteiger partial charge < -0.3 is 0 Å². The molecule has 11 heavy (non-hydrogen) atoms. The maximum atomic E-state index is 5.32. The van der Waals surface area contributed by atoms with Crippen molar-refractivity contribution in [3.8, 4) is 0 Å². The molecule has 0 bridgehead atoms. The molecular weight excluding hydrogens is 158 g/mol. The standard InChI is InChI=1S/C9H12ClN/c10-11-8-4-7-9-5-2-1-3-6-9/h1-3,5-6,11H,4,7-8H2. The lowest BCUT2D eigenvalue weighted by atomic mass is 10.1. The predicted octanol–water partition coefficient (Wildman–Crippen LogP) is 2.36. The molecular formula is C9H12ClN. The van der Waals surface area contributed by atoms with E-state index < -0.39 is 0 Å². The Kier molecular flexibility index (Phi) is 4.02. The Hall–Kier alpha value is -0.530. The van der Waals surface area contributed by atoms with Crippen LogP contribution in [-0.2, 0) is 6.42 Å². The molecule has 0 unspecified atom stereocenters. The molecule has 0 fully saturated rings. The normalized spacial score (nSPS) is 9.91. The van der Waals surface area contributed by atoms with Crippen molar-refractivity contribution in [3.63, 3.8) is 0 Å². The molecule has 0 heterocycles. The fourth-order valence-corrected chi connectivity index (χ4v) is 1.14. The molecule has 0 atom stereocenters. The van der Waals surface area contributed by atoms with Crippen LogP contribution in [0.15, 0.2) is 30.3 Å². The average Bonchev–Trinajstić information content (AvgIpc) is 2.07. The molecule has 0 saturated heterocycles. The van der Waals surface area contributed by atoms with Crippen LogP contribution in [0.5, 0.6) is 0 Å². The van der Waals surface area contributed by atoms with Crippen LogP contribution >= 0.6 is 11.8 Å². The van der Waals surface area contributed by atoms with Crippen molar-refractivity contribution in [1.29, 1.82) is 0 Å². The number of hydrogen-bond donors (Lipinski definition) is 1. The summed E-state index contributed by atoms with van der Waals surface area (Å²) in [5.74, 6) is 0. The van der Waals surface area contributed by atoms with Crippen molar-refractivity contribution >= 4 is 11.8 Å². The maximum Gasteiger partial charge on any atom is 0.0111 e. The van der Waals surface area contributed by atoms with Crippen LogP contribution in [-0.4, -0.2) is 6.54 Å². The van der Waals surface area contributed by atoms with Crippen molar-refractivity contribution in [2.75, 3.05) is 6.54 Å². The van der Waals surface area contributed by atoms with Gasteiger partial charge in [-0.05, 0) is 30.2 Å². The molecule has 0 saturated carbocycles. The topological polar surface area (TPSA) is 12.0 Å². The second kappa shape index (κ2) is 5.16. The maximum absolute atomic E-state index is 5.32. The van der Waals surface area contributed by atoms with E-state index in [0.29, 0.717) is 0 Å². The molecule has 0 aliphatic heterocycles. The van der Waals surface area contributed by atoms with E-state index in [2.05, 4.69) is 29.1 Å². The summed E-state index contributed by atoms with van der Waals surface area (Å²) >= 11 is 5.32. The van der Waals surface area contributed by atoms with Gasteiger partial charge in [0.25, 0.3) is 0 Å². The zero-order valence-corrected chi connectivity index (χ0v) is 7.14. The van der Waals surface area contributed by atoms with Gasteiger partial charge in [-0.1, -0.05) is 30.3 Å². The third kappa shape index (κ3) is 3.40. The van der Waals surface area contributed by atoms with Gasteiger partial charge in [0.1, 0.15) is 0 Å². The number of hydrogen-bond acceptors (Lipinski definition) is 1. The van der Waals surface area contributed by atoms with Gasteiger partial charge >= 0.3 is 0 Å². The number of nitrogens with one attached hydrogen (secondary N) is 1. The lowest BCUT2D eigenvalue weighted by Crippen LogP contribution is -2.01. The van der Waals surface area contributed by atoms with E-state index >= 15 is 0 Å². The highest BCUT2D eigenvalue weighted by atomic mass is 35.5. The van der Waals surface area contributed by atoms with Gasteiger partial charge in [0.2, 0.25) is 0 Å². The quantitative estimate of drug-likeness (QED) is 0.539. The lowest BCUT2D eigenvalue weighted by Gasteiger charge is -1.98. The Labute approximate surface area is 72.5 Å². The van der Waals surface area contributed by atoms with Crippen LogP contribution in [0.2, 0.25) is 0 Å². The molecule has 1 aromatic rings. The highest BCUT2D eigenvalue weighted by Gasteiger charge is 1.89. The molecule has 1 aromatic carbocycles. The fourth-order valence-electron chi connectivity index (χ4n) is 1.00. The van der Waals surface area contributed by atoms with Crippen LogP contribution in [0.4, 0.5) is 0 Å². The van der Waals surface area contributed by atoms with Crippen LogP contribution in [0.3, 0.4) is 0 Å². The first kappa shape index (κ1) is 8.57. The SMILES string of the molecule is ClNCCCc1ccccc1. The van der Waals surface area contributed by atoms with E-state index in [9.17, 15) is 0 Å². The van der Waals surface area contributed by atoms with Crippen LogP contribution < -0.4 is 4.84 Å². The molecule has 0 aliphatic rings. The first-order chi connectivity index (χ1) is 5.43. The van der Waals surface area contributed by atoms with E-state index in [0.717, 1.165) is 19.4 Å². The molecule has 1 rings (SSSR count). The summed E-state index contributed by atoms with van der Waals surface area (Å²) in [6.45, 7) is 0.871. The Morgan fingerprint density at radius 1 is 1.18 bits per heavy atom. The Balaban J connectivity index is 2.28. The molecule has 0 radical (unpaired) electrons. The second-order valence-electron chi connectivity index (χ2n) is 2.47. The minimum Gasteiger partial charge on any atom is -0.234 e. The van der Waals surface area contributed by atoms with Gasteiger partial charge in [-0.3, -0.25) is 0 Å². The van der Waals surface area contributed by atoms with Crippen LogP contribution in [0.25, 0.3) is 0 Å². The average molecular weight is 170 g/mol. The van der Waals surface area contributed by atoms with E-state index in [-0.39, 0.29) is 0 Å². The van der Waals surface area contributed by atoms with Crippen molar-refractivity contribution in [3.05, 3.63) is 35.9 Å². The first-order valence-corrected chi connectivity index (χ1v) is 4.18. The number of benzene rings is 1. The van der Waals surface area contributed by atoms with Gasteiger partial charge in [0.05, 0.1) is 0 Å². The number of rotatable bonds is 4. The zero-order chi connectivity index (χ0) is 7.94. The summed E-state index contributed by atoms with van der Waals surface area (Å²) in [6.07, 6.45) is 2.19. The summed E-state index contributed by atoms with van der Waals surface area (Å²) in [5.41, 5.74) is 1.37. The summed E-state index contributed by atoms with van der Waals surface area (Å²) < 4.78 is 0. The Bertz CT molecular complexity index is 186. The molecule has 0 aromatic heterocycles. The minimum absolute atomic E-state index is 0.871. The predicted molar refractivity (Wildman–Crippen MR) is 48.6 cm³/mol. The molecule has 0 spiro atoms. The summed E-state index contributed by atoms with van der Waals surface area (Å²) in [7, 11) is 0. The van der Waals surface area contributed by atoms with Crippen LogP contribution in [0.1, 0.15) is 12.0 Å². The van der Waals surface area contributed by atoms with Gasteiger partial charge in [0.15, 0.2) is 0 Å². The molecule has 60 valence electrons. The molecule has 2 heteroatoms. The highest BCUT2D eigenvalue weighted by Crippen LogP contribution is 2.01. The third-order valence-corrected chi connectivity index (χ3v) is 1.77. The van der Waals surface area contributed by atoms with E-state index in [1.54, 1.807) is 0 Å². The number of halogens is 1. The van der Waals surface area contributed by atoms with Crippen molar-refractivity contribution in [2.45, 2.75) is 12.8 Å². The van der Waals surface area contributed by atoms with Gasteiger partial charge in [0, 0.05) is 6.54 Å². The third-order valence-electron chi connectivity index (χ3n) is 1.58. The van der Waals surface area contributed by atoms with Crippen molar-refractivity contribution < 1.29 is 0 Å². The molecule has 0 amide bonds. The fraction of sp³-hybridized carbons (Fsp3) is 0.333. The van der Waals surface area contributed by atoms with Crippen LogP contribution in [0, 0.1) is 0 Å². The van der Waals surface area contributed by atoms with Crippen molar-refractivity contribution in [1.82, 2.24) is 4.84 Å².